The zero-order valence-corrected chi connectivity index (χ0v) is 24.2. The fraction of sp³-hybridized carbons (Fsp3) is 0.519. The number of nitrogens with zero attached hydrogens (tertiary/aromatic N) is 3. The van der Waals surface area contributed by atoms with E-state index in [-0.39, 0.29) is 5.75 Å². The van der Waals surface area contributed by atoms with E-state index < -0.39 is 56.6 Å². The van der Waals surface area contributed by atoms with E-state index in [4.69, 9.17) is 18.5 Å². The second-order valence-corrected chi connectivity index (χ2v) is 12.5. The molecule has 0 radical (unpaired) electrons. The summed E-state index contributed by atoms with van der Waals surface area (Å²) in [7, 11) is -4.25. The highest BCUT2D eigenvalue weighted by Gasteiger charge is 2.56. The molecule has 41 heavy (non-hydrogen) atoms. The molecule has 5 rings (SSSR count). The maximum atomic E-state index is 16.0. The summed E-state index contributed by atoms with van der Waals surface area (Å²) < 4.78 is 53.7. The number of hydrogen-bond acceptors (Lipinski definition) is 10. The van der Waals surface area contributed by atoms with Gasteiger partial charge in [-0.15, -0.1) is 0 Å². The summed E-state index contributed by atoms with van der Waals surface area (Å²) in [6.45, 7) is 5.52. The van der Waals surface area contributed by atoms with Gasteiger partial charge in [0.1, 0.15) is 29.5 Å². The first-order valence-corrected chi connectivity index (χ1v) is 15.1. The van der Waals surface area contributed by atoms with E-state index in [1.807, 2.05) is 6.07 Å². The zero-order valence-electron chi connectivity index (χ0n) is 23.3. The first-order valence-electron chi connectivity index (χ1n) is 13.5. The Bertz CT molecular complexity index is 1420. The van der Waals surface area contributed by atoms with Crippen molar-refractivity contribution in [3.05, 3.63) is 48.9 Å². The molecule has 1 saturated carbocycles. The number of imidazole rings is 1. The van der Waals surface area contributed by atoms with Crippen molar-refractivity contribution in [3.8, 4) is 5.75 Å². The van der Waals surface area contributed by atoms with Crippen molar-refractivity contribution in [2.24, 2.45) is 0 Å². The van der Waals surface area contributed by atoms with Crippen LogP contribution in [0.1, 0.15) is 46.8 Å². The average Bonchev–Trinajstić information content (AvgIpc) is 3.58. The van der Waals surface area contributed by atoms with Gasteiger partial charge in [-0.1, -0.05) is 18.2 Å². The SMILES string of the molecule is CC(C)OC(=O)[C@@H](C)N[P@@](=O)(OC[C@H]1O[C@@H](n2cnc3c(NC4CC4)ccnc32)[C@](C)(F)[C@@H]1O)Oc1ccccc1. The van der Waals surface area contributed by atoms with E-state index in [1.54, 1.807) is 50.4 Å². The molecule has 3 aromatic rings. The molecule has 0 bridgehead atoms. The van der Waals surface area contributed by atoms with Crippen molar-refractivity contribution in [1.82, 2.24) is 19.6 Å². The normalized spacial score (nSPS) is 26.6. The third kappa shape index (κ3) is 6.54. The number of anilines is 1. The first kappa shape index (κ1) is 29.4. The van der Waals surface area contributed by atoms with Gasteiger partial charge in [-0.25, -0.2) is 18.9 Å². The van der Waals surface area contributed by atoms with Crippen molar-refractivity contribution in [2.75, 3.05) is 11.9 Å². The molecule has 0 spiro atoms. The third-order valence-corrected chi connectivity index (χ3v) is 8.45. The maximum Gasteiger partial charge on any atom is 0.459 e. The van der Waals surface area contributed by atoms with E-state index in [9.17, 15) is 14.5 Å². The van der Waals surface area contributed by atoms with Crippen LogP contribution in [-0.2, 0) is 23.4 Å². The Balaban J connectivity index is 1.34. The fourth-order valence-corrected chi connectivity index (χ4v) is 6.03. The largest absolute Gasteiger partial charge is 0.462 e. The molecule has 3 heterocycles. The number of aliphatic hydroxyl groups is 1. The van der Waals surface area contributed by atoms with Crippen LogP contribution in [-0.4, -0.2) is 68.3 Å². The van der Waals surface area contributed by atoms with E-state index in [0.717, 1.165) is 18.5 Å². The molecule has 12 nitrogen and oxygen atoms in total. The van der Waals surface area contributed by atoms with E-state index in [2.05, 4.69) is 20.4 Å². The molecule has 0 amide bonds. The molecule has 1 aliphatic heterocycles. The van der Waals surface area contributed by atoms with E-state index in [1.165, 1.54) is 24.7 Å². The summed E-state index contributed by atoms with van der Waals surface area (Å²) in [4.78, 5) is 21.2. The summed E-state index contributed by atoms with van der Waals surface area (Å²) in [6.07, 6.45) is 0.551. The Morgan fingerprint density at radius 1 is 1.24 bits per heavy atom. The van der Waals surface area contributed by atoms with Crippen molar-refractivity contribution < 1.29 is 37.4 Å². The van der Waals surface area contributed by atoms with Crippen LogP contribution in [0.5, 0.6) is 5.75 Å². The number of nitrogens with one attached hydrogen (secondary N) is 2. The van der Waals surface area contributed by atoms with Gasteiger partial charge in [0.2, 0.25) is 0 Å². The molecular formula is C27H35FN5O7P. The fourth-order valence-electron chi connectivity index (χ4n) is 4.53. The number of alkyl halides is 1. The Morgan fingerprint density at radius 3 is 2.66 bits per heavy atom. The topological polar surface area (TPSA) is 146 Å². The van der Waals surface area contributed by atoms with Gasteiger partial charge in [0.15, 0.2) is 17.5 Å². The molecule has 1 aliphatic carbocycles. The minimum Gasteiger partial charge on any atom is -0.462 e. The molecule has 3 N–H and O–H groups in total. The highest BCUT2D eigenvalue weighted by atomic mass is 31.2. The monoisotopic (exact) mass is 591 g/mol. The maximum absolute atomic E-state index is 16.0. The number of ether oxygens (including phenoxy) is 2. The number of benzene rings is 1. The van der Waals surface area contributed by atoms with E-state index >= 15 is 4.39 Å². The molecule has 6 atom stereocenters. The van der Waals surface area contributed by atoms with Crippen molar-refractivity contribution in [1.29, 1.82) is 0 Å². The molecule has 2 fully saturated rings. The number of aliphatic hydroxyl groups excluding tert-OH is 1. The zero-order chi connectivity index (χ0) is 29.4. The highest BCUT2D eigenvalue weighted by Crippen LogP contribution is 2.48. The van der Waals surface area contributed by atoms with Crippen molar-refractivity contribution >= 4 is 30.6 Å². The lowest BCUT2D eigenvalue weighted by Gasteiger charge is -2.25. The van der Waals surface area contributed by atoms with Crippen LogP contribution >= 0.6 is 7.75 Å². The number of esters is 1. The summed E-state index contributed by atoms with van der Waals surface area (Å²) in [6, 6.07) is 9.34. The highest BCUT2D eigenvalue weighted by molar-refractivity contribution is 7.52. The van der Waals surface area contributed by atoms with Gasteiger partial charge in [-0.2, -0.15) is 5.09 Å². The molecule has 2 aromatic heterocycles. The molecule has 1 aromatic carbocycles. The van der Waals surface area contributed by atoms with Gasteiger partial charge in [0.05, 0.1) is 24.7 Å². The third-order valence-electron chi connectivity index (χ3n) is 6.80. The van der Waals surface area contributed by atoms with Crippen LogP contribution in [0.15, 0.2) is 48.9 Å². The molecule has 2 aliphatic rings. The van der Waals surface area contributed by atoms with Gasteiger partial charge in [-0.3, -0.25) is 13.9 Å². The smallest absolute Gasteiger partial charge is 0.459 e. The lowest BCUT2D eigenvalue weighted by atomic mass is 9.98. The average molecular weight is 592 g/mol. The Kier molecular flexibility index (Phi) is 8.36. The number of rotatable bonds is 12. The lowest BCUT2D eigenvalue weighted by molar-refractivity contribution is -0.149. The predicted molar refractivity (Wildman–Crippen MR) is 148 cm³/mol. The number of halogens is 1. The summed E-state index contributed by atoms with van der Waals surface area (Å²) in [5, 5.41) is 16.9. The van der Waals surface area contributed by atoms with Crippen LogP contribution in [0.3, 0.4) is 0 Å². The van der Waals surface area contributed by atoms with Crippen LogP contribution < -0.4 is 14.9 Å². The van der Waals surface area contributed by atoms with Crippen molar-refractivity contribution in [2.45, 2.75) is 82.8 Å². The number of aromatic nitrogens is 3. The number of para-hydroxylation sites is 1. The molecular weight excluding hydrogens is 556 g/mol. The van der Waals surface area contributed by atoms with Gasteiger partial charge in [0.25, 0.3) is 0 Å². The number of carbonyl (C=O) groups is 1. The predicted octanol–water partition coefficient (Wildman–Crippen LogP) is 4.13. The van der Waals surface area contributed by atoms with Gasteiger partial charge in [0, 0.05) is 12.2 Å². The summed E-state index contributed by atoms with van der Waals surface area (Å²) in [5.41, 5.74) is -0.559. The molecule has 222 valence electrons. The van der Waals surface area contributed by atoms with Crippen LogP contribution in [0.25, 0.3) is 11.2 Å². The van der Waals surface area contributed by atoms with Crippen LogP contribution in [0, 0.1) is 0 Å². The minimum absolute atomic E-state index is 0.209. The van der Waals surface area contributed by atoms with Crippen LogP contribution in [0.2, 0.25) is 0 Å². The second kappa shape index (κ2) is 11.7. The summed E-state index contributed by atoms with van der Waals surface area (Å²) >= 11 is 0. The first-order chi connectivity index (χ1) is 19.5. The Hall–Kier alpha value is -3.09. The van der Waals surface area contributed by atoms with Crippen molar-refractivity contribution in [3.63, 3.8) is 0 Å². The van der Waals surface area contributed by atoms with Crippen LogP contribution in [0.4, 0.5) is 10.1 Å². The molecule has 14 heteroatoms. The minimum atomic E-state index is -4.25. The Labute approximate surface area is 237 Å². The quantitative estimate of drug-likeness (QED) is 0.206. The number of carbonyl (C=O) groups excluding carboxylic acids is 1. The number of pyridine rings is 1. The van der Waals surface area contributed by atoms with Gasteiger partial charge >= 0.3 is 13.7 Å². The lowest BCUT2D eigenvalue weighted by Crippen LogP contribution is -2.41. The number of fused-ring (bicyclic) bond motifs is 1. The van der Waals surface area contributed by atoms with E-state index in [0.29, 0.717) is 17.2 Å². The summed E-state index contributed by atoms with van der Waals surface area (Å²) in [5.74, 6) is -0.454. The Morgan fingerprint density at radius 2 is 1.98 bits per heavy atom. The molecule has 0 unspecified atom stereocenters. The molecule has 1 saturated heterocycles. The van der Waals surface area contributed by atoms with Gasteiger partial charge in [-0.05, 0) is 58.7 Å². The standard InChI is InChI=1S/C27H35FN5O7P/c1-16(2)38-25(35)17(3)32-41(36,40-19-8-6-5-7-9-19)37-14-21-23(34)27(4,28)26(39-21)33-15-30-22-20(31-18-10-11-18)12-13-29-24(22)33/h5-9,12-13,15-18,21,23,26,34H,10-11,14H2,1-4H3,(H,29,31)(H,32,36)/t17-,21-,23-,26-,27-,41-/m1/s1. The number of hydrogen-bond donors (Lipinski definition) is 3. The second-order valence-electron chi connectivity index (χ2n) is 10.8. The van der Waals surface area contributed by atoms with Gasteiger partial charge < -0.3 is 24.4 Å².